The minimum atomic E-state index is 0. The van der Waals surface area contributed by atoms with Crippen LogP contribution in [-0.4, -0.2) is 12.3 Å². The predicted octanol–water partition coefficient (Wildman–Crippen LogP) is 2.76. The van der Waals surface area contributed by atoms with Crippen LogP contribution in [0.25, 0.3) is 0 Å². The molecule has 0 N–H and O–H groups in total. The summed E-state index contributed by atoms with van der Waals surface area (Å²) < 4.78 is 0. The lowest BCUT2D eigenvalue weighted by molar-refractivity contribution is 0.157. The molecule has 0 atom stereocenters. The van der Waals surface area contributed by atoms with E-state index >= 15 is 0 Å². The number of hydrogen-bond donors (Lipinski definition) is 0. The fourth-order valence-corrected chi connectivity index (χ4v) is 1.21. The Kier molecular flexibility index (Phi) is 6.33. The molecule has 0 amide bonds. The zero-order valence-electron chi connectivity index (χ0n) is 7.01. The van der Waals surface area contributed by atoms with Gasteiger partial charge in [-0.3, -0.25) is 0 Å². The standard InChI is InChI=1S/C8H15NO.ClH/c1-2-10-9-8-6-4-3-5-7-8;/h2-7H2,1H3;1H. The van der Waals surface area contributed by atoms with Gasteiger partial charge in [0.15, 0.2) is 0 Å². The van der Waals surface area contributed by atoms with Crippen molar-refractivity contribution in [3.8, 4) is 0 Å². The molecule has 0 spiro atoms. The monoisotopic (exact) mass is 177 g/mol. The molecule has 1 rings (SSSR count). The van der Waals surface area contributed by atoms with Crippen molar-refractivity contribution in [2.75, 3.05) is 6.61 Å². The molecule has 0 saturated heterocycles. The second-order valence-corrected chi connectivity index (χ2v) is 2.64. The van der Waals surface area contributed by atoms with Crippen molar-refractivity contribution < 1.29 is 4.84 Å². The lowest BCUT2D eigenvalue weighted by Gasteiger charge is -2.10. The van der Waals surface area contributed by atoms with Crippen molar-refractivity contribution in [3.05, 3.63) is 0 Å². The van der Waals surface area contributed by atoms with Gasteiger partial charge in [0.05, 0.1) is 5.71 Å². The molecule has 1 saturated carbocycles. The molecule has 1 fully saturated rings. The van der Waals surface area contributed by atoms with Gasteiger partial charge in [-0.2, -0.15) is 0 Å². The second kappa shape index (κ2) is 6.47. The van der Waals surface area contributed by atoms with Crippen LogP contribution >= 0.6 is 12.4 Å². The number of oxime groups is 1. The van der Waals surface area contributed by atoms with Crippen LogP contribution in [0.15, 0.2) is 5.16 Å². The second-order valence-electron chi connectivity index (χ2n) is 2.64. The molecule has 1 aliphatic carbocycles. The van der Waals surface area contributed by atoms with Crippen molar-refractivity contribution in [1.82, 2.24) is 0 Å². The van der Waals surface area contributed by atoms with Gasteiger partial charge in [-0.1, -0.05) is 11.6 Å². The van der Waals surface area contributed by atoms with E-state index in [2.05, 4.69) is 5.16 Å². The minimum Gasteiger partial charge on any atom is -0.396 e. The van der Waals surface area contributed by atoms with E-state index in [4.69, 9.17) is 4.84 Å². The molecule has 0 bridgehead atoms. The first-order valence-electron chi connectivity index (χ1n) is 4.11. The summed E-state index contributed by atoms with van der Waals surface area (Å²) in [6.45, 7) is 2.66. The van der Waals surface area contributed by atoms with Gasteiger partial charge in [-0.25, -0.2) is 0 Å². The Morgan fingerprint density at radius 3 is 2.45 bits per heavy atom. The first-order chi connectivity index (χ1) is 4.93. The minimum absolute atomic E-state index is 0. The van der Waals surface area contributed by atoms with Gasteiger partial charge in [0.1, 0.15) is 6.61 Å². The summed E-state index contributed by atoms with van der Waals surface area (Å²) in [6.07, 6.45) is 6.27. The summed E-state index contributed by atoms with van der Waals surface area (Å²) in [7, 11) is 0. The highest BCUT2D eigenvalue weighted by Gasteiger charge is 2.06. The number of rotatable bonds is 2. The number of nitrogens with zero attached hydrogens (tertiary/aromatic N) is 1. The fourth-order valence-electron chi connectivity index (χ4n) is 1.21. The molecule has 1 aliphatic rings. The quantitative estimate of drug-likeness (QED) is 0.595. The van der Waals surface area contributed by atoms with Crippen molar-refractivity contribution >= 4 is 18.1 Å². The normalized spacial score (nSPS) is 17.0. The van der Waals surface area contributed by atoms with Crippen LogP contribution in [0.1, 0.15) is 39.0 Å². The summed E-state index contributed by atoms with van der Waals surface area (Å²) >= 11 is 0. The van der Waals surface area contributed by atoms with E-state index in [-0.39, 0.29) is 12.4 Å². The SMILES string of the molecule is CCON=C1CCCCC1.Cl. The maximum absolute atomic E-state index is 4.96. The Labute approximate surface area is 74.4 Å². The molecule has 3 heteroatoms. The summed E-state index contributed by atoms with van der Waals surface area (Å²) in [5.41, 5.74) is 1.26. The van der Waals surface area contributed by atoms with E-state index in [1.165, 1.54) is 25.0 Å². The molecular weight excluding hydrogens is 162 g/mol. The molecule has 0 aliphatic heterocycles. The van der Waals surface area contributed by atoms with Gasteiger partial charge in [0.25, 0.3) is 0 Å². The van der Waals surface area contributed by atoms with E-state index in [0.29, 0.717) is 6.61 Å². The van der Waals surface area contributed by atoms with Crippen LogP contribution in [0.5, 0.6) is 0 Å². The third-order valence-corrected chi connectivity index (χ3v) is 1.75. The van der Waals surface area contributed by atoms with Crippen molar-refractivity contribution in [3.63, 3.8) is 0 Å². The number of halogens is 1. The summed E-state index contributed by atoms with van der Waals surface area (Å²) in [6, 6.07) is 0. The van der Waals surface area contributed by atoms with Crippen LogP contribution in [0, 0.1) is 0 Å². The Morgan fingerprint density at radius 1 is 1.27 bits per heavy atom. The van der Waals surface area contributed by atoms with Crippen LogP contribution in [0.4, 0.5) is 0 Å². The van der Waals surface area contributed by atoms with Crippen molar-refractivity contribution in [2.24, 2.45) is 5.16 Å². The molecule has 0 heterocycles. The van der Waals surface area contributed by atoms with Gasteiger partial charge in [0, 0.05) is 0 Å². The topological polar surface area (TPSA) is 21.6 Å². The molecule has 66 valence electrons. The molecule has 0 aromatic carbocycles. The Hall–Kier alpha value is -0.240. The maximum atomic E-state index is 4.96. The van der Waals surface area contributed by atoms with Crippen molar-refractivity contribution in [2.45, 2.75) is 39.0 Å². The van der Waals surface area contributed by atoms with Gasteiger partial charge in [-0.15, -0.1) is 12.4 Å². The molecule has 0 unspecified atom stereocenters. The molecule has 2 nitrogen and oxygen atoms in total. The Balaban J connectivity index is 0.000001000. The van der Waals surface area contributed by atoms with Crippen LogP contribution in [-0.2, 0) is 4.84 Å². The van der Waals surface area contributed by atoms with Gasteiger partial charge in [0.2, 0.25) is 0 Å². The smallest absolute Gasteiger partial charge is 0.114 e. The average molecular weight is 178 g/mol. The van der Waals surface area contributed by atoms with Gasteiger partial charge >= 0.3 is 0 Å². The molecule has 0 aromatic heterocycles. The van der Waals surface area contributed by atoms with Crippen LogP contribution in [0.2, 0.25) is 0 Å². The lowest BCUT2D eigenvalue weighted by Crippen LogP contribution is -2.05. The lowest BCUT2D eigenvalue weighted by atomic mass is 9.99. The predicted molar refractivity (Wildman–Crippen MR) is 49.4 cm³/mol. The van der Waals surface area contributed by atoms with Gasteiger partial charge in [-0.05, 0) is 32.6 Å². The average Bonchev–Trinajstić information content (AvgIpc) is 2.03. The molecular formula is C8H16ClNO. The molecule has 0 aromatic rings. The zero-order chi connectivity index (χ0) is 7.23. The number of hydrogen-bond acceptors (Lipinski definition) is 2. The largest absolute Gasteiger partial charge is 0.396 e. The third-order valence-electron chi connectivity index (χ3n) is 1.75. The van der Waals surface area contributed by atoms with Gasteiger partial charge < -0.3 is 4.84 Å². The summed E-state index contributed by atoms with van der Waals surface area (Å²) in [4.78, 5) is 4.96. The summed E-state index contributed by atoms with van der Waals surface area (Å²) in [5, 5.41) is 4.02. The summed E-state index contributed by atoms with van der Waals surface area (Å²) in [5.74, 6) is 0. The maximum Gasteiger partial charge on any atom is 0.114 e. The highest BCUT2D eigenvalue weighted by molar-refractivity contribution is 5.85. The van der Waals surface area contributed by atoms with Crippen molar-refractivity contribution in [1.29, 1.82) is 0 Å². The van der Waals surface area contributed by atoms with E-state index in [1.807, 2.05) is 6.92 Å². The first-order valence-corrected chi connectivity index (χ1v) is 4.11. The Morgan fingerprint density at radius 2 is 1.91 bits per heavy atom. The van der Waals surface area contributed by atoms with E-state index in [1.54, 1.807) is 0 Å². The zero-order valence-corrected chi connectivity index (χ0v) is 7.82. The first kappa shape index (κ1) is 10.8. The third kappa shape index (κ3) is 4.25. The van der Waals surface area contributed by atoms with E-state index in [9.17, 15) is 0 Å². The van der Waals surface area contributed by atoms with Crippen LogP contribution < -0.4 is 0 Å². The van der Waals surface area contributed by atoms with Crippen LogP contribution in [0.3, 0.4) is 0 Å². The highest BCUT2D eigenvalue weighted by Crippen LogP contribution is 2.14. The molecule has 0 radical (unpaired) electrons. The highest BCUT2D eigenvalue weighted by atomic mass is 35.5. The Bertz CT molecular complexity index is 117. The van der Waals surface area contributed by atoms with E-state index < -0.39 is 0 Å². The molecule has 11 heavy (non-hydrogen) atoms. The van der Waals surface area contributed by atoms with E-state index in [0.717, 1.165) is 12.8 Å². The fraction of sp³-hybridized carbons (Fsp3) is 0.875.